The van der Waals surface area contributed by atoms with Crippen LogP contribution in [0.1, 0.15) is 24.7 Å². The first-order valence-corrected chi connectivity index (χ1v) is 13.7. The van der Waals surface area contributed by atoms with E-state index in [1.165, 1.54) is 37.6 Å². The van der Waals surface area contributed by atoms with Crippen molar-refractivity contribution < 1.29 is 36.9 Å². The van der Waals surface area contributed by atoms with Crippen LogP contribution in [0.2, 0.25) is 0 Å². The minimum absolute atomic E-state index is 0.102. The monoisotopic (exact) mass is 544 g/mol. The molecule has 0 radical (unpaired) electrons. The maximum absolute atomic E-state index is 14.1. The van der Waals surface area contributed by atoms with Crippen molar-refractivity contribution in [2.24, 2.45) is 5.92 Å². The summed E-state index contributed by atoms with van der Waals surface area (Å²) >= 11 is 0. The SMILES string of the molecule is COc1ccc(S(=O)(=O)N(Cc2ccco2)C(O)(NC(=O)OC2CCOC2)C(C)Cc2ccccc2)cc1. The van der Waals surface area contributed by atoms with E-state index in [0.29, 0.717) is 18.8 Å². The maximum atomic E-state index is 14.1. The number of hydrogen-bond donors (Lipinski definition) is 2. The lowest BCUT2D eigenvalue weighted by Crippen LogP contribution is -2.66. The highest BCUT2D eigenvalue weighted by atomic mass is 32.2. The Morgan fingerprint density at radius 1 is 1.16 bits per heavy atom. The zero-order valence-corrected chi connectivity index (χ0v) is 22.1. The Morgan fingerprint density at radius 2 is 1.89 bits per heavy atom. The number of methoxy groups -OCH3 is 1. The van der Waals surface area contributed by atoms with E-state index in [0.717, 1.165) is 9.87 Å². The van der Waals surface area contributed by atoms with E-state index >= 15 is 0 Å². The lowest BCUT2D eigenvalue weighted by Gasteiger charge is -2.42. The molecular weight excluding hydrogens is 512 g/mol. The van der Waals surface area contributed by atoms with Crippen LogP contribution in [-0.2, 0) is 32.5 Å². The van der Waals surface area contributed by atoms with Gasteiger partial charge in [-0.25, -0.2) is 13.2 Å². The number of sulfonamides is 1. The Morgan fingerprint density at radius 3 is 2.50 bits per heavy atom. The van der Waals surface area contributed by atoms with E-state index in [2.05, 4.69) is 5.32 Å². The number of rotatable bonds is 11. The largest absolute Gasteiger partial charge is 0.497 e. The van der Waals surface area contributed by atoms with Gasteiger partial charge < -0.3 is 23.7 Å². The average Bonchev–Trinajstić information content (AvgIpc) is 3.62. The van der Waals surface area contributed by atoms with Gasteiger partial charge in [0.2, 0.25) is 15.9 Å². The molecule has 1 aliphatic rings. The van der Waals surface area contributed by atoms with E-state index < -0.39 is 34.0 Å². The van der Waals surface area contributed by atoms with Gasteiger partial charge in [0.1, 0.15) is 17.6 Å². The molecule has 10 nitrogen and oxygen atoms in total. The molecule has 0 bridgehead atoms. The molecule has 0 aliphatic carbocycles. The van der Waals surface area contributed by atoms with Gasteiger partial charge in [-0.2, -0.15) is 0 Å². The number of hydrogen-bond acceptors (Lipinski definition) is 8. The minimum atomic E-state index is -4.40. The number of benzene rings is 2. The predicted molar refractivity (Wildman–Crippen MR) is 138 cm³/mol. The molecule has 1 aromatic heterocycles. The Hall–Kier alpha value is -3.38. The summed E-state index contributed by atoms with van der Waals surface area (Å²) in [7, 11) is -2.92. The molecule has 11 heteroatoms. The third-order valence-electron chi connectivity index (χ3n) is 6.43. The minimum Gasteiger partial charge on any atom is -0.497 e. The predicted octanol–water partition coefficient (Wildman–Crippen LogP) is 3.52. The Kier molecular flexibility index (Phi) is 8.72. The number of alkyl carbamates (subject to hydrolysis) is 1. The van der Waals surface area contributed by atoms with E-state index in [9.17, 15) is 18.3 Å². The van der Waals surface area contributed by atoms with Gasteiger partial charge in [0.25, 0.3) is 0 Å². The highest BCUT2D eigenvalue weighted by Crippen LogP contribution is 2.32. The molecule has 2 N–H and O–H groups in total. The molecule has 3 unspecified atom stereocenters. The summed E-state index contributed by atoms with van der Waals surface area (Å²) in [5.74, 6) is -2.49. The fraction of sp³-hybridized carbons (Fsp3) is 0.370. The van der Waals surface area contributed by atoms with Crippen molar-refractivity contribution >= 4 is 16.1 Å². The molecule has 1 aliphatic heterocycles. The van der Waals surface area contributed by atoms with Gasteiger partial charge in [-0.3, -0.25) is 5.32 Å². The van der Waals surface area contributed by atoms with Crippen molar-refractivity contribution in [1.82, 2.24) is 9.62 Å². The van der Waals surface area contributed by atoms with Gasteiger partial charge in [-0.1, -0.05) is 37.3 Å². The van der Waals surface area contributed by atoms with Crippen LogP contribution in [0.4, 0.5) is 4.79 Å². The van der Waals surface area contributed by atoms with Crippen molar-refractivity contribution in [1.29, 1.82) is 0 Å². The first-order chi connectivity index (χ1) is 18.2. The van der Waals surface area contributed by atoms with Crippen LogP contribution in [0.3, 0.4) is 0 Å². The van der Waals surface area contributed by atoms with Crippen LogP contribution >= 0.6 is 0 Å². The number of nitrogens with one attached hydrogen (secondary N) is 1. The Balaban J connectivity index is 1.75. The van der Waals surface area contributed by atoms with Gasteiger partial charge in [-0.05, 0) is 48.4 Å². The number of nitrogens with zero attached hydrogens (tertiary/aromatic N) is 1. The molecule has 1 fully saturated rings. The molecule has 3 aromatic rings. The molecule has 4 rings (SSSR count). The quantitative estimate of drug-likeness (QED) is 0.351. The second kappa shape index (κ2) is 12.0. The summed E-state index contributed by atoms with van der Waals surface area (Å²) < 4.78 is 50.3. The van der Waals surface area contributed by atoms with Crippen molar-refractivity contribution in [2.45, 2.75) is 43.2 Å². The second-order valence-corrected chi connectivity index (χ2v) is 11.0. The van der Waals surface area contributed by atoms with E-state index in [4.69, 9.17) is 18.6 Å². The molecule has 3 atom stereocenters. The van der Waals surface area contributed by atoms with Crippen LogP contribution in [-0.4, -0.2) is 56.2 Å². The van der Waals surface area contributed by atoms with Crippen LogP contribution in [0.25, 0.3) is 0 Å². The molecule has 204 valence electrons. The number of furan rings is 1. The highest BCUT2D eigenvalue weighted by Gasteiger charge is 2.49. The first-order valence-electron chi connectivity index (χ1n) is 12.2. The smallest absolute Gasteiger partial charge is 0.410 e. The first kappa shape index (κ1) is 27.6. The molecular formula is C27H32N2O8S. The molecule has 2 heterocycles. The van der Waals surface area contributed by atoms with Gasteiger partial charge in [0.05, 0.1) is 38.0 Å². The van der Waals surface area contributed by atoms with Crippen molar-refractivity contribution in [3.05, 3.63) is 84.3 Å². The third-order valence-corrected chi connectivity index (χ3v) is 8.28. The van der Waals surface area contributed by atoms with Crippen molar-refractivity contribution in [2.75, 3.05) is 20.3 Å². The van der Waals surface area contributed by atoms with Gasteiger partial charge in [0.15, 0.2) is 0 Å². The Labute approximate surface area is 222 Å². The normalized spacial score (nSPS) is 18.1. The molecule has 1 saturated heterocycles. The summed E-state index contributed by atoms with van der Waals surface area (Å²) in [5.41, 5.74) is 0.845. The lowest BCUT2D eigenvalue weighted by atomic mass is 9.95. The molecule has 1 amide bonds. The average molecular weight is 545 g/mol. The number of ether oxygens (including phenoxy) is 3. The fourth-order valence-corrected chi connectivity index (χ4v) is 5.91. The van der Waals surface area contributed by atoms with E-state index in [1.54, 1.807) is 19.1 Å². The van der Waals surface area contributed by atoms with Gasteiger partial charge in [0, 0.05) is 12.3 Å². The Bertz CT molecular complexity index is 1280. The van der Waals surface area contributed by atoms with Crippen molar-refractivity contribution in [3.8, 4) is 5.75 Å². The lowest BCUT2D eigenvalue weighted by molar-refractivity contribution is -0.131. The van der Waals surface area contributed by atoms with Crippen LogP contribution in [0.5, 0.6) is 5.75 Å². The third kappa shape index (κ3) is 6.36. The summed E-state index contributed by atoms with van der Waals surface area (Å²) in [5, 5.41) is 14.6. The van der Waals surface area contributed by atoms with Crippen LogP contribution < -0.4 is 10.1 Å². The van der Waals surface area contributed by atoms with Gasteiger partial charge in [-0.15, -0.1) is 4.31 Å². The number of aliphatic hydroxyl groups is 1. The zero-order chi connectivity index (χ0) is 27.2. The number of carbonyl (C=O) groups excluding carboxylic acids is 1. The van der Waals surface area contributed by atoms with E-state index in [-0.39, 0.29) is 30.2 Å². The maximum Gasteiger partial charge on any atom is 0.410 e. The summed E-state index contributed by atoms with van der Waals surface area (Å²) in [6, 6.07) is 18.2. The summed E-state index contributed by atoms with van der Waals surface area (Å²) in [6.45, 7) is 1.98. The summed E-state index contributed by atoms with van der Waals surface area (Å²) in [6.07, 6.45) is 0.697. The van der Waals surface area contributed by atoms with Gasteiger partial charge >= 0.3 is 6.09 Å². The molecule has 0 saturated carbocycles. The summed E-state index contributed by atoms with van der Waals surface area (Å²) in [4.78, 5) is 12.9. The zero-order valence-electron chi connectivity index (χ0n) is 21.3. The van der Waals surface area contributed by atoms with Crippen molar-refractivity contribution in [3.63, 3.8) is 0 Å². The molecule has 38 heavy (non-hydrogen) atoms. The molecule has 2 aromatic carbocycles. The topological polar surface area (TPSA) is 128 Å². The van der Waals surface area contributed by atoms with E-state index in [1.807, 2.05) is 30.3 Å². The van der Waals surface area contributed by atoms with Crippen LogP contribution in [0, 0.1) is 5.92 Å². The second-order valence-electron chi connectivity index (χ2n) is 9.10. The molecule has 0 spiro atoms. The standard InChI is InChI=1S/C27H32N2O8S/c1-20(17-21-7-4-3-5-8-21)27(31,28-26(30)37-24-14-16-35-19-24)29(18-23-9-6-15-36-23)38(32,33)25-12-10-22(34-2)11-13-25/h3-13,15,20,24,31H,14,16-19H2,1-2H3,(H,28,30). The fourth-order valence-electron chi connectivity index (χ4n) is 4.29. The highest BCUT2D eigenvalue weighted by molar-refractivity contribution is 7.89. The number of carbonyl (C=O) groups is 1. The number of amides is 1. The van der Waals surface area contributed by atoms with Crippen LogP contribution in [0.15, 0.2) is 82.3 Å².